The number of rotatable bonds is 3. The summed E-state index contributed by atoms with van der Waals surface area (Å²) in [6, 6.07) is 20.9. The van der Waals surface area contributed by atoms with Crippen molar-refractivity contribution in [3.8, 4) is 5.75 Å². The van der Waals surface area contributed by atoms with Gasteiger partial charge in [-0.2, -0.15) is 0 Å². The van der Waals surface area contributed by atoms with E-state index >= 15 is 0 Å². The summed E-state index contributed by atoms with van der Waals surface area (Å²) >= 11 is 6.00. The van der Waals surface area contributed by atoms with Gasteiger partial charge in [-0.1, -0.05) is 60.1 Å². The van der Waals surface area contributed by atoms with Gasteiger partial charge in [0, 0.05) is 16.5 Å². The van der Waals surface area contributed by atoms with Gasteiger partial charge in [0.05, 0.1) is 11.5 Å². The number of carbonyl (C=O) groups is 2. The van der Waals surface area contributed by atoms with Crippen LogP contribution in [0.1, 0.15) is 37.8 Å². The lowest BCUT2D eigenvalue weighted by atomic mass is 9.69. The van der Waals surface area contributed by atoms with E-state index in [4.69, 9.17) is 11.6 Å². The number of hydrogen-bond donors (Lipinski definition) is 1. The third-order valence-corrected chi connectivity index (χ3v) is 5.39. The van der Waals surface area contributed by atoms with Crippen LogP contribution < -0.4 is 0 Å². The Labute approximate surface area is 162 Å². The minimum Gasteiger partial charge on any atom is -0.507 e. The van der Waals surface area contributed by atoms with E-state index in [0.717, 1.165) is 11.1 Å². The molecular formula is C23H17ClO3. The van der Waals surface area contributed by atoms with Gasteiger partial charge in [0.2, 0.25) is 0 Å². The Morgan fingerprint density at radius 3 is 2.33 bits per heavy atom. The van der Waals surface area contributed by atoms with Gasteiger partial charge in [-0.05, 0) is 41.8 Å². The van der Waals surface area contributed by atoms with Crippen molar-refractivity contribution in [1.82, 2.24) is 0 Å². The Bertz CT molecular complexity index is 1020. The summed E-state index contributed by atoms with van der Waals surface area (Å²) in [6.45, 7) is 0. The number of carbonyl (C=O) groups excluding carboxylic acids is 2. The first-order valence-corrected chi connectivity index (χ1v) is 9.14. The Hall–Kier alpha value is -2.91. The molecule has 2 unspecified atom stereocenters. The van der Waals surface area contributed by atoms with Crippen LogP contribution in [0.25, 0.3) is 0 Å². The second kappa shape index (κ2) is 7.01. The Morgan fingerprint density at radius 2 is 1.59 bits per heavy atom. The quantitative estimate of drug-likeness (QED) is 0.649. The van der Waals surface area contributed by atoms with Crippen LogP contribution in [0.4, 0.5) is 0 Å². The van der Waals surface area contributed by atoms with Crippen molar-refractivity contribution < 1.29 is 14.7 Å². The maximum atomic E-state index is 13.3. The molecule has 0 aromatic heterocycles. The number of halogens is 1. The first kappa shape index (κ1) is 17.5. The average Bonchev–Trinajstić information content (AvgIpc) is 2.69. The second-order valence-corrected chi connectivity index (χ2v) is 7.18. The normalized spacial score (nSPS) is 18.8. The summed E-state index contributed by atoms with van der Waals surface area (Å²) < 4.78 is 0. The number of phenols is 1. The van der Waals surface area contributed by atoms with Crippen molar-refractivity contribution in [2.24, 2.45) is 5.92 Å². The first-order chi connectivity index (χ1) is 13.1. The minimum absolute atomic E-state index is 0.0661. The van der Waals surface area contributed by atoms with E-state index in [1.807, 2.05) is 18.2 Å². The van der Waals surface area contributed by atoms with Crippen molar-refractivity contribution in [3.63, 3.8) is 0 Å². The monoisotopic (exact) mass is 376 g/mol. The number of hydrogen-bond acceptors (Lipinski definition) is 3. The maximum Gasteiger partial charge on any atom is 0.171 e. The molecular weight excluding hydrogens is 360 g/mol. The predicted octanol–water partition coefficient (Wildman–Crippen LogP) is 5.07. The Balaban J connectivity index is 1.84. The van der Waals surface area contributed by atoms with Gasteiger partial charge >= 0.3 is 0 Å². The van der Waals surface area contributed by atoms with Gasteiger partial charge in [0.25, 0.3) is 0 Å². The number of para-hydroxylation sites is 1. The summed E-state index contributed by atoms with van der Waals surface area (Å²) in [7, 11) is 0. The molecule has 1 aliphatic carbocycles. The highest BCUT2D eigenvalue weighted by Gasteiger charge is 2.41. The highest BCUT2D eigenvalue weighted by atomic mass is 35.5. The zero-order chi connectivity index (χ0) is 19.0. The van der Waals surface area contributed by atoms with Crippen molar-refractivity contribution >= 4 is 23.2 Å². The molecule has 0 saturated carbocycles. The van der Waals surface area contributed by atoms with E-state index in [1.165, 1.54) is 6.07 Å². The van der Waals surface area contributed by atoms with Crippen LogP contribution in [0.2, 0.25) is 5.02 Å². The second-order valence-electron chi connectivity index (χ2n) is 6.74. The molecule has 3 aromatic rings. The highest BCUT2D eigenvalue weighted by molar-refractivity contribution is 6.30. The topological polar surface area (TPSA) is 54.4 Å². The molecule has 27 heavy (non-hydrogen) atoms. The number of ketones is 2. The van der Waals surface area contributed by atoms with Crippen LogP contribution >= 0.6 is 11.6 Å². The first-order valence-electron chi connectivity index (χ1n) is 8.76. The molecule has 4 heteroatoms. The molecule has 3 aromatic carbocycles. The largest absolute Gasteiger partial charge is 0.507 e. The van der Waals surface area contributed by atoms with Crippen LogP contribution in [-0.2, 0) is 6.42 Å². The molecule has 0 radical (unpaired) electrons. The summed E-state index contributed by atoms with van der Waals surface area (Å²) in [5.41, 5.74) is 2.52. The van der Waals surface area contributed by atoms with Gasteiger partial charge in [0.15, 0.2) is 11.6 Å². The van der Waals surface area contributed by atoms with Crippen LogP contribution in [-0.4, -0.2) is 16.7 Å². The van der Waals surface area contributed by atoms with Crippen LogP contribution in [0.3, 0.4) is 0 Å². The minimum atomic E-state index is -0.607. The number of Topliss-reactive ketones (excluding diaryl/α,β-unsaturated/α-hetero) is 2. The molecule has 0 fully saturated rings. The maximum absolute atomic E-state index is 13.3. The number of phenolic OH excluding ortho intramolecular Hbond substituents is 1. The molecule has 0 amide bonds. The molecule has 4 rings (SSSR count). The van der Waals surface area contributed by atoms with E-state index in [2.05, 4.69) is 0 Å². The van der Waals surface area contributed by atoms with Crippen molar-refractivity contribution in [3.05, 3.63) is 100 Å². The Kier molecular flexibility index (Phi) is 4.54. The number of aromatic hydroxyl groups is 1. The average molecular weight is 377 g/mol. The summed E-state index contributed by atoms with van der Waals surface area (Å²) in [5.74, 6) is -1.56. The fourth-order valence-electron chi connectivity index (χ4n) is 3.82. The van der Waals surface area contributed by atoms with Crippen LogP contribution in [0.5, 0.6) is 5.75 Å². The van der Waals surface area contributed by atoms with Crippen molar-refractivity contribution in [2.45, 2.75) is 12.3 Å². The molecule has 0 aliphatic heterocycles. The van der Waals surface area contributed by atoms with E-state index in [-0.39, 0.29) is 22.9 Å². The van der Waals surface area contributed by atoms with Gasteiger partial charge < -0.3 is 5.11 Å². The van der Waals surface area contributed by atoms with Gasteiger partial charge in [-0.15, -0.1) is 0 Å². The van der Waals surface area contributed by atoms with E-state index < -0.39 is 11.8 Å². The molecule has 0 spiro atoms. The van der Waals surface area contributed by atoms with Gasteiger partial charge in [-0.3, -0.25) is 9.59 Å². The number of fused-ring (bicyclic) bond motifs is 1. The molecule has 1 aliphatic rings. The lowest BCUT2D eigenvalue weighted by Crippen LogP contribution is -2.35. The van der Waals surface area contributed by atoms with Crippen molar-refractivity contribution in [2.75, 3.05) is 0 Å². The lowest BCUT2D eigenvalue weighted by Gasteiger charge is -2.31. The van der Waals surface area contributed by atoms with Gasteiger partial charge in [0.1, 0.15) is 5.75 Å². The fraction of sp³-hybridized carbons (Fsp3) is 0.130. The van der Waals surface area contributed by atoms with Crippen molar-refractivity contribution in [1.29, 1.82) is 0 Å². The summed E-state index contributed by atoms with van der Waals surface area (Å²) in [5, 5.41) is 10.7. The predicted molar refractivity (Wildman–Crippen MR) is 105 cm³/mol. The SMILES string of the molecule is O=C(c1ccccc1O)C1Cc2ccccc2C(=O)C1c1ccc(Cl)cc1. The Morgan fingerprint density at radius 1 is 0.926 bits per heavy atom. The highest BCUT2D eigenvalue weighted by Crippen LogP contribution is 2.40. The third kappa shape index (κ3) is 3.15. The molecule has 1 N–H and O–H groups in total. The molecule has 0 saturated heterocycles. The molecule has 0 heterocycles. The summed E-state index contributed by atoms with van der Waals surface area (Å²) in [4.78, 5) is 26.6. The summed E-state index contributed by atoms with van der Waals surface area (Å²) in [6.07, 6.45) is 0.447. The van der Waals surface area contributed by atoms with Crippen LogP contribution in [0.15, 0.2) is 72.8 Å². The third-order valence-electron chi connectivity index (χ3n) is 5.14. The zero-order valence-electron chi connectivity index (χ0n) is 14.4. The van der Waals surface area contributed by atoms with E-state index in [9.17, 15) is 14.7 Å². The molecule has 134 valence electrons. The molecule has 2 atom stereocenters. The standard InChI is InChI=1S/C23H17ClO3/c24-16-11-9-14(10-12-16)21-19(22(26)18-7-3-4-8-20(18)25)13-15-5-1-2-6-17(15)23(21)27/h1-12,19,21,25H,13H2. The number of benzene rings is 3. The lowest BCUT2D eigenvalue weighted by molar-refractivity contribution is 0.0803. The molecule has 3 nitrogen and oxygen atoms in total. The van der Waals surface area contributed by atoms with E-state index in [1.54, 1.807) is 48.5 Å². The van der Waals surface area contributed by atoms with Crippen LogP contribution in [0, 0.1) is 5.92 Å². The fourth-order valence-corrected chi connectivity index (χ4v) is 3.95. The van der Waals surface area contributed by atoms with E-state index in [0.29, 0.717) is 17.0 Å². The zero-order valence-corrected chi connectivity index (χ0v) is 15.2. The van der Waals surface area contributed by atoms with Gasteiger partial charge in [-0.25, -0.2) is 0 Å². The molecule has 0 bridgehead atoms. The smallest absolute Gasteiger partial charge is 0.171 e.